The molecule has 0 aromatic carbocycles. The molecule has 0 aliphatic heterocycles. The molecule has 1 aromatic rings. The van der Waals surface area contributed by atoms with Crippen LogP contribution in [0.2, 0.25) is 0 Å². The van der Waals surface area contributed by atoms with Gasteiger partial charge in [-0.25, -0.2) is 0 Å². The summed E-state index contributed by atoms with van der Waals surface area (Å²) in [7, 11) is 0. The number of hydrogen-bond donors (Lipinski definition) is 3. The first-order chi connectivity index (χ1) is 11.2. The van der Waals surface area contributed by atoms with Crippen molar-refractivity contribution in [2.45, 2.75) is 39.4 Å². The Balaban J connectivity index is 2.89. The topological polar surface area (TPSA) is 107 Å². The Morgan fingerprint density at radius 1 is 1.46 bits per heavy atom. The molecule has 1 aromatic heterocycles. The fraction of sp³-hybridized carbons (Fsp3) is 0.600. The number of H-pyrrole nitrogens is 1. The number of aromatic amines is 1. The number of hydrogen-bond acceptors (Lipinski definition) is 6. The van der Waals surface area contributed by atoms with Gasteiger partial charge in [-0.2, -0.15) is 0 Å². The standard InChI is InChI=1S/C15H24N4O4S/c1-10(2)16-12(9-20)7-19(6-11(3)21)14(23)8-18-5-4-13(22)17-15(18)24/h4-5,10,12,16,20H,6-9H2,1-3H3,(H,17,22,24)/t12-/m1/s1. The van der Waals surface area contributed by atoms with Crippen LogP contribution in [0.3, 0.4) is 0 Å². The van der Waals surface area contributed by atoms with Gasteiger partial charge in [-0.1, -0.05) is 13.8 Å². The highest BCUT2D eigenvalue weighted by Crippen LogP contribution is 2.00. The number of aliphatic hydroxyl groups is 1. The number of nitrogens with one attached hydrogen (secondary N) is 2. The molecule has 1 heterocycles. The Bertz CT molecular complexity index is 683. The molecule has 0 saturated carbocycles. The highest BCUT2D eigenvalue weighted by Gasteiger charge is 2.20. The van der Waals surface area contributed by atoms with Gasteiger partial charge < -0.3 is 19.9 Å². The lowest BCUT2D eigenvalue weighted by Gasteiger charge is -2.28. The summed E-state index contributed by atoms with van der Waals surface area (Å²) in [6, 6.07) is 1.07. The molecule has 0 radical (unpaired) electrons. The van der Waals surface area contributed by atoms with E-state index in [0.717, 1.165) is 0 Å². The Morgan fingerprint density at radius 2 is 2.12 bits per heavy atom. The van der Waals surface area contributed by atoms with Crippen molar-refractivity contribution in [3.8, 4) is 0 Å². The summed E-state index contributed by atoms with van der Waals surface area (Å²) in [5, 5.41) is 12.6. The van der Waals surface area contributed by atoms with E-state index < -0.39 is 0 Å². The average Bonchev–Trinajstić information content (AvgIpc) is 2.47. The fourth-order valence-corrected chi connectivity index (χ4v) is 2.46. The van der Waals surface area contributed by atoms with Crippen molar-refractivity contribution in [2.75, 3.05) is 19.7 Å². The molecule has 24 heavy (non-hydrogen) atoms. The van der Waals surface area contributed by atoms with Crippen molar-refractivity contribution in [1.29, 1.82) is 0 Å². The van der Waals surface area contributed by atoms with E-state index in [-0.39, 0.29) is 60.3 Å². The molecule has 1 atom stereocenters. The number of amides is 1. The van der Waals surface area contributed by atoms with E-state index in [1.54, 1.807) is 0 Å². The number of nitrogens with zero attached hydrogens (tertiary/aromatic N) is 2. The summed E-state index contributed by atoms with van der Waals surface area (Å²) in [4.78, 5) is 39.0. The lowest BCUT2D eigenvalue weighted by atomic mass is 10.2. The SMILES string of the molecule is CC(=O)CN(C[C@H](CO)NC(C)C)C(=O)Cn1ccc(=O)[nH]c1=S. The monoisotopic (exact) mass is 356 g/mol. The summed E-state index contributed by atoms with van der Waals surface area (Å²) in [6.45, 7) is 5.16. The van der Waals surface area contributed by atoms with E-state index in [1.807, 2.05) is 13.8 Å². The van der Waals surface area contributed by atoms with Crippen molar-refractivity contribution in [2.24, 2.45) is 0 Å². The van der Waals surface area contributed by atoms with Crippen LogP contribution in [-0.4, -0.2) is 63.0 Å². The molecular weight excluding hydrogens is 332 g/mol. The van der Waals surface area contributed by atoms with E-state index in [0.29, 0.717) is 0 Å². The molecule has 1 amide bonds. The van der Waals surface area contributed by atoms with Gasteiger partial charge in [-0.3, -0.25) is 19.4 Å². The number of rotatable bonds is 9. The number of Topliss-reactive ketones (excluding diaryl/α,β-unsaturated/α-hetero) is 1. The Hall–Kier alpha value is -1.84. The first-order valence-corrected chi connectivity index (χ1v) is 8.07. The number of ketones is 1. The van der Waals surface area contributed by atoms with Crippen molar-refractivity contribution < 1.29 is 14.7 Å². The highest BCUT2D eigenvalue weighted by atomic mass is 32.1. The molecule has 0 saturated heterocycles. The smallest absolute Gasteiger partial charge is 0.251 e. The second-order valence-electron chi connectivity index (χ2n) is 5.92. The van der Waals surface area contributed by atoms with Crippen LogP contribution in [-0.2, 0) is 16.1 Å². The average molecular weight is 356 g/mol. The minimum absolute atomic E-state index is 0.0498. The molecule has 0 aliphatic carbocycles. The van der Waals surface area contributed by atoms with Gasteiger partial charge >= 0.3 is 0 Å². The van der Waals surface area contributed by atoms with Crippen molar-refractivity contribution in [3.63, 3.8) is 0 Å². The van der Waals surface area contributed by atoms with Gasteiger partial charge in [0.2, 0.25) is 5.91 Å². The third-order valence-corrected chi connectivity index (χ3v) is 3.54. The van der Waals surface area contributed by atoms with Crippen molar-refractivity contribution >= 4 is 23.9 Å². The first-order valence-electron chi connectivity index (χ1n) is 7.66. The zero-order valence-corrected chi connectivity index (χ0v) is 14.9. The van der Waals surface area contributed by atoms with Crippen LogP contribution >= 0.6 is 12.2 Å². The van der Waals surface area contributed by atoms with E-state index >= 15 is 0 Å². The fourth-order valence-electron chi connectivity index (χ4n) is 2.24. The first kappa shape index (κ1) is 20.2. The third-order valence-electron chi connectivity index (χ3n) is 3.20. The number of aromatic nitrogens is 2. The summed E-state index contributed by atoms with van der Waals surface area (Å²) < 4.78 is 1.56. The summed E-state index contributed by atoms with van der Waals surface area (Å²) in [5.41, 5.74) is -0.342. The Labute approximate surface area is 145 Å². The van der Waals surface area contributed by atoms with E-state index in [2.05, 4.69) is 10.3 Å². The van der Waals surface area contributed by atoms with Gasteiger partial charge in [0.05, 0.1) is 13.2 Å². The summed E-state index contributed by atoms with van der Waals surface area (Å²) in [6.07, 6.45) is 1.43. The minimum Gasteiger partial charge on any atom is -0.395 e. The predicted molar refractivity (Wildman–Crippen MR) is 92.3 cm³/mol. The molecule has 0 spiro atoms. The van der Waals surface area contributed by atoms with Crippen LogP contribution in [0.5, 0.6) is 0 Å². The lowest BCUT2D eigenvalue weighted by Crippen LogP contribution is -2.49. The number of carbonyl (C=O) groups is 2. The molecule has 134 valence electrons. The molecule has 3 N–H and O–H groups in total. The lowest BCUT2D eigenvalue weighted by molar-refractivity contribution is -0.136. The Kier molecular flexibility index (Phi) is 7.96. The normalized spacial score (nSPS) is 12.2. The summed E-state index contributed by atoms with van der Waals surface area (Å²) in [5.74, 6) is -0.480. The zero-order chi connectivity index (χ0) is 18.3. The Morgan fingerprint density at radius 3 is 2.62 bits per heavy atom. The van der Waals surface area contributed by atoms with E-state index in [1.165, 1.54) is 28.7 Å². The summed E-state index contributed by atoms with van der Waals surface area (Å²) >= 11 is 5.02. The van der Waals surface area contributed by atoms with Gasteiger partial charge in [0, 0.05) is 30.9 Å². The molecule has 1 rings (SSSR count). The van der Waals surface area contributed by atoms with Crippen LogP contribution in [0.25, 0.3) is 0 Å². The minimum atomic E-state index is -0.342. The van der Waals surface area contributed by atoms with Crippen molar-refractivity contribution in [3.05, 3.63) is 27.4 Å². The van der Waals surface area contributed by atoms with Crippen LogP contribution < -0.4 is 10.9 Å². The number of aliphatic hydroxyl groups excluding tert-OH is 1. The third kappa shape index (κ3) is 6.73. The number of carbonyl (C=O) groups excluding carboxylic acids is 2. The van der Waals surface area contributed by atoms with Gasteiger partial charge in [0.15, 0.2) is 4.77 Å². The van der Waals surface area contributed by atoms with E-state index in [4.69, 9.17) is 12.2 Å². The predicted octanol–water partition coefficient (Wildman–Crippen LogP) is -0.318. The molecule has 0 fully saturated rings. The van der Waals surface area contributed by atoms with Gasteiger partial charge in [0.1, 0.15) is 12.3 Å². The van der Waals surface area contributed by atoms with Crippen molar-refractivity contribution in [1.82, 2.24) is 19.8 Å². The van der Waals surface area contributed by atoms with Gasteiger partial charge in [-0.15, -0.1) is 0 Å². The van der Waals surface area contributed by atoms with Gasteiger partial charge in [0.25, 0.3) is 5.56 Å². The second-order valence-corrected chi connectivity index (χ2v) is 6.30. The van der Waals surface area contributed by atoms with Gasteiger partial charge in [-0.05, 0) is 19.1 Å². The molecular formula is C15H24N4O4S. The van der Waals surface area contributed by atoms with E-state index in [9.17, 15) is 19.5 Å². The maximum atomic E-state index is 12.5. The molecule has 9 heteroatoms. The molecule has 0 unspecified atom stereocenters. The van der Waals surface area contributed by atoms with Crippen LogP contribution in [0, 0.1) is 4.77 Å². The quantitative estimate of drug-likeness (QED) is 0.524. The molecule has 0 aliphatic rings. The van der Waals surface area contributed by atoms with Crippen LogP contribution in [0.1, 0.15) is 20.8 Å². The molecule has 8 nitrogen and oxygen atoms in total. The zero-order valence-electron chi connectivity index (χ0n) is 14.1. The molecule has 0 bridgehead atoms. The maximum Gasteiger partial charge on any atom is 0.251 e. The largest absolute Gasteiger partial charge is 0.395 e. The second kappa shape index (κ2) is 9.45. The van der Waals surface area contributed by atoms with Crippen LogP contribution in [0.15, 0.2) is 17.1 Å². The van der Waals surface area contributed by atoms with Crippen LogP contribution in [0.4, 0.5) is 0 Å². The highest BCUT2D eigenvalue weighted by molar-refractivity contribution is 7.71. The maximum absolute atomic E-state index is 12.5.